The Morgan fingerprint density at radius 2 is 1.08 bits per heavy atom. The van der Waals surface area contributed by atoms with Gasteiger partial charge in [0.15, 0.2) is 0 Å². The predicted molar refractivity (Wildman–Crippen MR) is 110 cm³/mol. The number of likely N-dealkylation sites (N-methyl/N-ethyl adjacent to an activating group) is 1. The lowest BCUT2D eigenvalue weighted by atomic mass is 10.0. The predicted octanol–water partition coefficient (Wildman–Crippen LogP) is 4.52. The van der Waals surface area contributed by atoms with Gasteiger partial charge in [-0.3, -0.25) is 4.90 Å². The van der Waals surface area contributed by atoms with Crippen molar-refractivity contribution < 1.29 is 0 Å². The smallest absolute Gasteiger partial charge is 0.0237 e. The zero-order chi connectivity index (χ0) is 18.0. The fourth-order valence-corrected chi connectivity index (χ4v) is 3.34. The molecule has 0 radical (unpaired) electrons. The summed E-state index contributed by atoms with van der Waals surface area (Å²) in [6.07, 6.45) is 1.04. The van der Waals surface area contributed by atoms with Crippen molar-refractivity contribution in [2.45, 2.75) is 25.6 Å². The topological polar surface area (TPSA) is 15.3 Å². The van der Waals surface area contributed by atoms with Gasteiger partial charge in [-0.1, -0.05) is 91.0 Å². The molecule has 3 aromatic carbocycles. The molecule has 0 amide bonds. The first-order chi connectivity index (χ1) is 12.8. The number of rotatable bonds is 9. The van der Waals surface area contributed by atoms with E-state index >= 15 is 0 Å². The average molecular weight is 345 g/mol. The molecule has 0 unspecified atom stereocenters. The quantitative estimate of drug-likeness (QED) is 0.614. The van der Waals surface area contributed by atoms with E-state index in [1.54, 1.807) is 0 Å². The summed E-state index contributed by atoms with van der Waals surface area (Å²) in [7, 11) is 2.07. The van der Waals surface area contributed by atoms with Crippen LogP contribution < -0.4 is 5.32 Å². The Hall–Kier alpha value is -2.42. The molecule has 0 bridgehead atoms. The summed E-state index contributed by atoms with van der Waals surface area (Å²) in [5.41, 5.74) is 4.10. The van der Waals surface area contributed by atoms with E-state index in [-0.39, 0.29) is 0 Å². The molecule has 0 aromatic heterocycles. The zero-order valence-electron chi connectivity index (χ0n) is 15.5. The maximum absolute atomic E-state index is 3.51. The number of nitrogens with zero attached hydrogens (tertiary/aromatic N) is 1. The summed E-state index contributed by atoms with van der Waals surface area (Å²) in [5.74, 6) is 0. The summed E-state index contributed by atoms with van der Waals surface area (Å²) in [5, 5.41) is 3.51. The van der Waals surface area contributed by atoms with Gasteiger partial charge in [-0.05, 0) is 30.2 Å². The lowest BCUT2D eigenvalue weighted by Gasteiger charge is -2.28. The molecule has 0 saturated heterocycles. The number of hydrogen-bond donors (Lipinski definition) is 1. The fourth-order valence-electron chi connectivity index (χ4n) is 3.34. The lowest BCUT2D eigenvalue weighted by molar-refractivity contribution is 0.228. The van der Waals surface area contributed by atoms with Crippen LogP contribution in [0.2, 0.25) is 0 Å². The van der Waals surface area contributed by atoms with Crippen LogP contribution in [0.4, 0.5) is 0 Å². The van der Waals surface area contributed by atoms with E-state index < -0.39 is 0 Å². The third-order valence-electron chi connectivity index (χ3n) is 4.71. The first-order valence-electron chi connectivity index (χ1n) is 9.35. The van der Waals surface area contributed by atoms with Gasteiger partial charge in [-0.15, -0.1) is 0 Å². The second-order valence-electron chi connectivity index (χ2n) is 6.82. The summed E-state index contributed by atoms with van der Waals surface area (Å²) in [4.78, 5) is 2.54. The van der Waals surface area contributed by atoms with Crippen LogP contribution in [0.1, 0.15) is 16.7 Å². The van der Waals surface area contributed by atoms with E-state index in [1.165, 1.54) is 16.7 Å². The summed E-state index contributed by atoms with van der Waals surface area (Å²) >= 11 is 0. The minimum absolute atomic E-state index is 0.421. The number of benzene rings is 3. The highest BCUT2D eigenvalue weighted by Crippen LogP contribution is 2.12. The second-order valence-corrected chi connectivity index (χ2v) is 6.82. The number of nitrogens with one attached hydrogen (secondary N) is 1. The summed E-state index contributed by atoms with van der Waals surface area (Å²) in [6, 6.07) is 32.7. The van der Waals surface area contributed by atoms with Crippen molar-refractivity contribution >= 4 is 0 Å². The Labute approximate surface area is 157 Å². The third kappa shape index (κ3) is 5.83. The van der Waals surface area contributed by atoms with Crippen molar-refractivity contribution in [2.24, 2.45) is 0 Å². The van der Waals surface area contributed by atoms with Crippen LogP contribution >= 0.6 is 0 Å². The Kier molecular flexibility index (Phi) is 7.00. The summed E-state index contributed by atoms with van der Waals surface area (Å²) < 4.78 is 0. The Balaban J connectivity index is 1.70. The van der Waals surface area contributed by atoms with Crippen LogP contribution in [-0.4, -0.2) is 24.5 Å². The van der Waals surface area contributed by atoms with Crippen molar-refractivity contribution in [3.05, 3.63) is 108 Å². The molecule has 2 heteroatoms. The third-order valence-corrected chi connectivity index (χ3v) is 4.71. The molecular formula is C24H28N2. The van der Waals surface area contributed by atoms with Gasteiger partial charge in [-0.2, -0.15) is 0 Å². The van der Waals surface area contributed by atoms with Gasteiger partial charge in [0, 0.05) is 25.7 Å². The minimum Gasteiger partial charge on any atom is -0.315 e. The minimum atomic E-state index is 0.421. The standard InChI is InChI=1S/C24H28N2/c1-25-24(17-21-11-5-2-6-12-21)20-26(18-22-13-7-3-8-14-22)19-23-15-9-4-10-16-23/h2-16,24-25H,17-20H2,1H3/t24-/m1/s1. The molecule has 0 aliphatic heterocycles. The highest BCUT2D eigenvalue weighted by atomic mass is 15.1. The van der Waals surface area contributed by atoms with Crippen LogP contribution in [0.3, 0.4) is 0 Å². The van der Waals surface area contributed by atoms with Crippen molar-refractivity contribution in [3.63, 3.8) is 0 Å². The SMILES string of the molecule is CN[C@H](Cc1ccccc1)CN(Cc1ccccc1)Cc1ccccc1. The molecule has 26 heavy (non-hydrogen) atoms. The van der Waals surface area contributed by atoms with E-state index in [0.717, 1.165) is 26.1 Å². The van der Waals surface area contributed by atoms with E-state index in [9.17, 15) is 0 Å². The molecule has 3 rings (SSSR count). The fraction of sp³-hybridized carbons (Fsp3) is 0.250. The molecular weight excluding hydrogens is 316 g/mol. The Bertz CT molecular complexity index is 699. The molecule has 0 fully saturated rings. The normalized spacial score (nSPS) is 12.2. The molecule has 1 N–H and O–H groups in total. The van der Waals surface area contributed by atoms with E-state index in [1.807, 2.05) is 0 Å². The van der Waals surface area contributed by atoms with Crippen LogP contribution in [0, 0.1) is 0 Å². The maximum Gasteiger partial charge on any atom is 0.0237 e. The molecule has 0 spiro atoms. The zero-order valence-corrected chi connectivity index (χ0v) is 15.5. The Morgan fingerprint density at radius 3 is 1.50 bits per heavy atom. The van der Waals surface area contributed by atoms with Crippen LogP contribution in [-0.2, 0) is 19.5 Å². The van der Waals surface area contributed by atoms with Gasteiger partial charge in [0.1, 0.15) is 0 Å². The van der Waals surface area contributed by atoms with Gasteiger partial charge >= 0.3 is 0 Å². The van der Waals surface area contributed by atoms with Gasteiger partial charge in [0.2, 0.25) is 0 Å². The first-order valence-corrected chi connectivity index (χ1v) is 9.35. The molecule has 2 nitrogen and oxygen atoms in total. The molecule has 0 aliphatic rings. The van der Waals surface area contributed by atoms with Crippen molar-refractivity contribution in [3.8, 4) is 0 Å². The van der Waals surface area contributed by atoms with Crippen LogP contribution in [0.15, 0.2) is 91.0 Å². The van der Waals surface area contributed by atoms with Gasteiger partial charge in [-0.25, -0.2) is 0 Å². The molecule has 0 aliphatic carbocycles. The van der Waals surface area contributed by atoms with Crippen molar-refractivity contribution in [1.82, 2.24) is 10.2 Å². The molecule has 0 heterocycles. The van der Waals surface area contributed by atoms with Gasteiger partial charge < -0.3 is 5.32 Å². The van der Waals surface area contributed by atoms with Gasteiger partial charge in [0.05, 0.1) is 0 Å². The lowest BCUT2D eigenvalue weighted by Crippen LogP contribution is -2.40. The highest BCUT2D eigenvalue weighted by molar-refractivity contribution is 5.18. The van der Waals surface area contributed by atoms with Crippen LogP contribution in [0.25, 0.3) is 0 Å². The monoisotopic (exact) mass is 344 g/mol. The number of hydrogen-bond acceptors (Lipinski definition) is 2. The molecule has 134 valence electrons. The van der Waals surface area contributed by atoms with Crippen LogP contribution in [0.5, 0.6) is 0 Å². The summed E-state index contributed by atoms with van der Waals surface area (Å²) in [6.45, 7) is 2.93. The largest absolute Gasteiger partial charge is 0.315 e. The highest BCUT2D eigenvalue weighted by Gasteiger charge is 2.14. The maximum atomic E-state index is 3.51. The molecule has 3 aromatic rings. The van der Waals surface area contributed by atoms with E-state index in [0.29, 0.717) is 6.04 Å². The molecule has 1 atom stereocenters. The first kappa shape index (κ1) is 18.4. The molecule has 0 saturated carbocycles. The van der Waals surface area contributed by atoms with Gasteiger partial charge in [0.25, 0.3) is 0 Å². The second kappa shape index (κ2) is 9.91. The van der Waals surface area contributed by atoms with Crippen molar-refractivity contribution in [1.29, 1.82) is 0 Å². The van der Waals surface area contributed by atoms with E-state index in [2.05, 4.69) is 108 Å². The van der Waals surface area contributed by atoms with Crippen molar-refractivity contribution in [2.75, 3.05) is 13.6 Å². The van der Waals surface area contributed by atoms with E-state index in [4.69, 9.17) is 0 Å². The average Bonchev–Trinajstić information content (AvgIpc) is 2.70. The Morgan fingerprint density at radius 1 is 0.654 bits per heavy atom.